The van der Waals surface area contributed by atoms with Gasteiger partial charge in [0.25, 0.3) is 0 Å². The molecule has 2 fully saturated rings. The Bertz CT molecular complexity index is 397. The van der Waals surface area contributed by atoms with Crippen LogP contribution in [0.15, 0.2) is 0 Å². The van der Waals surface area contributed by atoms with Crippen LogP contribution in [0.25, 0.3) is 0 Å². The van der Waals surface area contributed by atoms with Crippen molar-refractivity contribution in [2.45, 2.75) is 77.8 Å². The monoisotopic (exact) mass is 281 g/mol. The fourth-order valence-electron chi connectivity index (χ4n) is 3.38. The van der Waals surface area contributed by atoms with Crippen LogP contribution < -0.4 is 0 Å². The Morgan fingerprint density at radius 2 is 1.45 bits per heavy atom. The third-order valence-electron chi connectivity index (χ3n) is 6.17. The van der Waals surface area contributed by atoms with Crippen LogP contribution in [0.4, 0.5) is 0 Å². The second kappa shape index (κ2) is 4.48. The highest BCUT2D eigenvalue weighted by atomic mass is 16.7. The van der Waals surface area contributed by atoms with E-state index in [0.29, 0.717) is 0 Å². The molecule has 0 aromatic heterocycles. The van der Waals surface area contributed by atoms with Crippen LogP contribution in [0.1, 0.15) is 55.4 Å². The molecule has 0 amide bonds. The highest BCUT2D eigenvalue weighted by Gasteiger charge is 2.62. The summed E-state index contributed by atoms with van der Waals surface area (Å²) in [5.41, 5.74) is -2.61. The molecular formula is C14H27B2O4. The van der Waals surface area contributed by atoms with E-state index in [0.717, 1.165) is 0 Å². The fraction of sp³-hybridized carbons (Fsp3) is 1.00. The Labute approximate surface area is 124 Å². The summed E-state index contributed by atoms with van der Waals surface area (Å²) in [6.07, 6.45) is 0. The molecule has 6 heteroatoms. The van der Waals surface area contributed by atoms with E-state index < -0.39 is 29.4 Å². The predicted octanol–water partition coefficient (Wildman–Crippen LogP) is 2.01. The highest BCUT2D eigenvalue weighted by Crippen LogP contribution is 2.49. The molecule has 0 aromatic carbocycles. The second-order valence-electron chi connectivity index (χ2n) is 7.71. The molecule has 2 bridgehead atoms. The van der Waals surface area contributed by atoms with E-state index in [2.05, 4.69) is 20.8 Å². The number of fused-ring (bicyclic) bond motifs is 2. The first-order chi connectivity index (χ1) is 8.85. The maximum Gasteiger partial charge on any atom is 0.439 e. The Balaban J connectivity index is 2.47. The van der Waals surface area contributed by atoms with E-state index in [-0.39, 0.29) is 11.8 Å². The Morgan fingerprint density at radius 1 is 0.900 bits per heavy atom. The van der Waals surface area contributed by atoms with Gasteiger partial charge in [-0.25, -0.2) is 0 Å². The molecule has 1 N–H and O–H groups in total. The van der Waals surface area contributed by atoms with E-state index in [9.17, 15) is 5.11 Å². The summed E-state index contributed by atoms with van der Waals surface area (Å²) in [4.78, 5) is 0. The minimum absolute atomic E-state index is 0.0179. The summed E-state index contributed by atoms with van der Waals surface area (Å²) in [5.74, 6) is 0.0856. The lowest BCUT2D eigenvalue weighted by Gasteiger charge is -2.51. The first kappa shape index (κ1) is 16.3. The minimum atomic E-state index is -0.976. The maximum absolute atomic E-state index is 11.0. The van der Waals surface area contributed by atoms with Gasteiger partial charge in [0.15, 0.2) is 0 Å². The highest BCUT2D eigenvalue weighted by molar-refractivity contribution is 7.03. The van der Waals surface area contributed by atoms with Crippen LogP contribution in [0, 0.1) is 11.8 Å². The molecule has 20 heavy (non-hydrogen) atoms. The zero-order chi connectivity index (χ0) is 15.6. The van der Waals surface area contributed by atoms with Gasteiger partial charge in [0.1, 0.15) is 0 Å². The summed E-state index contributed by atoms with van der Waals surface area (Å²) >= 11 is 0. The molecule has 4 atom stereocenters. The van der Waals surface area contributed by atoms with Crippen molar-refractivity contribution < 1.29 is 19.1 Å². The van der Waals surface area contributed by atoms with Crippen LogP contribution in [0.5, 0.6) is 0 Å². The van der Waals surface area contributed by atoms with Crippen LogP contribution in [-0.2, 0) is 14.0 Å². The summed E-state index contributed by atoms with van der Waals surface area (Å²) in [6.45, 7) is 16.0. The lowest BCUT2D eigenvalue weighted by molar-refractivity contribution is -0.169. The summed E-state index contributed by atoms with van der Waals surface area (Å²) < 4.78 is 18.0. The number of rotatable bonds is 0. The standard InChI is InChI=1S/C14H27B2O4/c1-9-10(2)14(8)12(5,6)19-16(20-14)15-18-11(3,4)13(9,7)17/h9-10,17H,1-8H3. The van der Waals surface area contributed by atoms with E-state index in [1.165, 1.54) is 0 Å². The van der Waals surface area contributed by atoms with E-state index in [1.807, 2.05) is 34.6 Å². The van der Waals surface area contributed by atoms with Crippen molar-refractivity contribution >= 4 is 14.4 Å². The van der Waals surface area contributed by atoms with Crippen LogP contribution >= 0.6 is 0 Å². The number of aliphatic hydroxyl groups is 1. The van der Waals surface area contributed by atoms with Crippen molar-refractivity contribution in [2.75, 3.05) is 0 Å². The second-order valence-corrected chi connectivity index (χ2v) is 7.71. The van der Waals surface area contributed by atoms with Crippen molar-refractivity contribution in [1.29, 1.82) is 0 Å². The predicted molar refractivity (Wildman–Crippen MR) is 80.3 cm³/mol. The van der Waals surface area contributed by atoms with Crippen molar-refractivity contribution in [3.05, 3.63) is 0 Å². The zero-order valence-corrected chi connectivity index (χ0v) is 14.0. The van der Waals surface area contributed by atoms with Crippen LogP contribution in [0.2, 0.25) is 0 Å². The molecule has 0 aliphatic carbocycles. The summed E-state index contributed by atoms with van der Waals surface area (Å²) in [6, 6.07) is 0. The molecule has 2 saturated heterocycles. The van der Waals surface area contributed by atoms with Crippen molar-refractivity contribution in [2.24, 2.45) is 11.8 Å². The molecule has 0 spiro atoms. The number of hydrogen-bond donors (Lipinski definition) is 1. The molecule has 0 aromatic rings. The van der Waals surface area contributed by atoms with Gasteiger partial charge in [0.2, 0.25) is 0 Å². The van der Waals surface area contributed by atoms with Gasteiger partial charge in [-0.3, -0.25) is 0 Å². The van der Waals surface area contributed by atoms with Crippen LogP contribution in [0.3, 0.4) is 0 Å². The van der Waals surface area contributed by atoms with Crippen molar-refractivity contribution in [1.82, 2.24) is 0 Å². The molecule has 2 aliphatic heterocycles. The Hall–Kier alpha value is -0.0301. The van der Waals surface area contributed by atoms with E-state index in [1.54, 1.807) is 7.37 Å². The average molecular weight is 281 g/mol. The zero-order valence-electron chi connectivity index (χ0n) is 14.0. The van der Waals surface area contributed by atoms with Gasteiger partial charge in [-0.2, -0.15) is 0 Å². The summed E-state index contributed by atoms with van der Waals surface area (Å²) in [7, 11) is 1.07. The quantitative estimate of drug-likeness (QED) is 0.690. The Kier molecular flexibility index (Phi) is 3.66. The van der Waals surface area contributed by atoms with Gasteiger partial charge >= 0.3 is 14.4 Å². The third-order valence-corrected chi connectivity index (χ3v) is 6.17. The molecule has 113 valence electrons. The van der Waals surface area contributed by atoms with E-state index in [4.69, 9.17) is 14.0 Å². The Morgan fingerprint density at radius 3 is 2.00 bits per heavy atom. The molecule has 1 radical (unpaired) electrons. The van der Waals surface area contributed by atoms with Crippen molar-refractivity contribution in [3.8, 4) is 0 Å². The first-order valence-corrected chi connectivity index (χ1v) is 7.44. The molecular weight excluding hydrogens is 254 g/mol. The topological polar surface area (TPSA) is 47.9 Å². The fourth-order valence-corrected chi connectivity index (χ4v) is 3.38. The van der Waals surface area contributed by atoms with Gasteiger partial charge in [0, 0.05) is 0 Å². The molecule has 4 unspecified atom stereocenters. The normalized spacial score (nSPS) is 47.1. The average Bonchev–Trinajstić information content (AvgIpc) is 2.55. The largest absolute Gasteiger partial charge is 0.439 e. The van der Waals surface area contributed by atoms with Gasteiger partial charge in [-0.1, -0.05) is 13.8 Å². The van der Waals surface area contributed by atoms with Gasteiger partial charge in [-0.15, -0.1) is 0 Å². The minimum Gasteiger partial charge on any atom is -0.435 e. The lowest BCUT2D eigenvalue weighted by atomic mass is 9.55. The van der Waals surface area contributed by atoms with E-state index >= 15 is 0 Å². The van der Waals surface area contributed by atoms with Crippen LogP contribution in [-0.4, -0.2) is 41.9 Å². The molecule has 4 nitrogen and oxygen atoms in total. The van der Waals surface area contributed by atoms with Gasteiger partial charge in [-0.05, 0) is 53.4 Å². The molecule has 0 saturated carbocycles. The molecule has 2 rings (SSSR count). The van der Waals surface area contributed by atoms with Gasteiger partial charge in [0.05, 0.1) is 22.4 Å². The molecule has 2 aliphatic rings. The molecule has 2 heterocycles. The smallest absolute Gasteiger partial charge is 0.435 e. The summed E-state index contributed by atoms with van der Waals surface area (Å²) in [5, 5.41) is 11.0. The SMILES string of the molecule is CC1C(C)C2(C)OB([B]OC(C)(C)C1(C)O)OC2(C)C. The van der Waals surface area contributed by atoms with Gasteiger partial charge < -0.3 is 19.1 Å². The first-order valence-electron chi connectivity index (χ1n) is 7.44. The van der Waals surface area contributed by atoms with Crippen molar-refractivity contribution in [3.63, 3.8) is 0 Å². The maximum atomic E-state index is 11.0. The lowest BCUT2D eigenvalue weighted by Crippen LogP contribution is -2.61. The number of hydrogen-bond acceptors (Lipinski definition) is 4. The third kappa shape index (κ3) is 2.07.